The molecule has 96 valence electrons. The van der Waals surface area contributed by atoms with E-state index < -0.39 is 0 Å². The van der Waals surface area contributed by atoms with Crippen LogP contribution in [0.15, 0.2) is 30.7 Å². The van der Waals surface area contributed by atoms with Gasteiger partial charge in [-0.15, -0.1) is 0 Å². The van der Waals surface area contributed by atoms with Crippen LogP contribution in [-0.4, -0.2) is 15.0 Å². The molecule has 0 amide bonds. The number of nitrogens with two attached hydrogens (primary N) is 1. The van der Waals surface area contributed by atoms with Crippen molar-refractivity contribution in [3.63, 3.8) is 0 Å². The normalized spacial score (nSPS) is 11.8. The van der Waals surface area contributed by atoms with Crippen molar-refractivity contribution in [3.8, 4) is 17.3 Å². The third-order valence-electron chi connectivity index (χ3n) is 2.89. The predicted octanol–water partition coefficient (Wildman–Crippen LogP) is 2.53. The van der Waals surface area contributed by atoms with E-state index in [-0.39, 0.29) is 11.9 Å². The highest BCUT2D eigenvalue weighted by Gasteiger charge is 2.10. The molecule has 2 rings (SSSR count). The summed E-state index contributed by atoms with van der Waals surface area (Å²) in [5, 5.41) is 9.12. The maximum Gasteiger partial charge on any atom is 0.219 e. The zero-order valence-electron chi connectivity index (χ0n) is 10.7. The van der Waals surface area contributed by atoms with Crippen molar-refractivity contribution >= 4 is 5.95 Å². The Balaban J connectivity index is 2.23. The predicted molar refractivity (Wildman–Crippen MR) is 72.9 cm³/mol. The summed E-state index contributed by atoms with van der Waals surface area (Å²) in [6.07, 6.45) is 6.85. The zero-order chi connectivity index (χ0) is 13.7. The largest absolute Gasteiger partial charge is 0.368 e. The van der Waals surface area contributed by atoms with Crippen molar-refractivity contribution in [2.24, 2.45) is 0 Å². The molecule has 19 heavy (non-hydrogen) atoms. The summed E-state index contributed by atoms with van der Waals surface area (Å²) in [5.74, 6) is 0.155. The van der Waals surface area contributed by atoms with Crippen LogP contribution in [0.5, 0.6) is 0 Å². The van der Waals surface area contributed by atoms with Gasteiger partial charge in [0.1, 0.15) is 0 Å². The highest BCUT2D eigenvalue weighted by molar-refractivity contribution is 5.57. The van der Waals surface area contributed by atoms with Crippen LogP contribution in [0.4, 0.5) is 5.95 Å². The van der Waals surface area contributed by atoms with Gasteiger partial charge >= 0.3 is 0 Å². The fourth-order valence-electron chi connectivity index (χ4n) is 1.85. The monoisotopic (exact) mass is 253 g/mol. The molecule has 0 aliphatic heterocycles. The minimum absolute atomic E-state index is 0.0887. The smallest absolute Gasteiger partial charge is 0.219 e. The van der Waals surface area contributed by atoms with E-state index in [9.17, 15) is 0 Å². The van der Waals surface area contributed by atoms with Gasteiger partial charge < -0.3 is 5.73 Å². The van der Waals surface area contributed by atoms with Crippen molar-refractivity contribution in [2.45, 2.75) is 25.7 Å². The number of pyridine rings is 1. The molecule has 0 aromatic carbocycles. The van der Waals surface area contributed by atoms with Gasteiger partial charge in [0.15, 0.2) is 0 Å². The van der Waals surface area contributed by atoms with Crippen LogP contribution in [0.2, 0.25) is 0 Å². The molecular weight excluding hydrogens is 238 g/mol. The molecule has 0 bridgehead atoms. The average Bonchev–Trinajstić information content (AvgIpc) is 2.46. The molecule has 2 heterocycles. The molecule has 1 unspecified atom stereocenters. The van der Waals surface area contributed by atoms with Crippen LogP contribution < -0.4 is 5.73 Å². The van der Waals surface area contributed by atoms with E-state index in [4.69, 9.17) is 11.0 Å². The number of anilines is 1. The van der Waals surface area contributed by atoms with E-state index in [2.05, 4.69) is 27.9 Å². The van der Waals surface area contributed by atoms with Crippen molar-refractivity contribution in [3.05, 3.63) is 36.3 Å². The topological polar surface area (TPSA) is 88.5 Å². The number of aromatic nitrogens is 3. The molecule has 2 aromatic heterocycles. The van der Waals surface area contributed by atoms with Crippen LogP contribution in [0, 0.1) is 11.3 Å². The Morgan fingerprint density at radius 3 is 2.47 bits per heavy atom. The lowest BCUT2D eigenvalue weighted by molar-refractivity contribution is 0.724. The molecule has 0 fully saturated rings. The lowest BCUT2D eigenvalue weighted by atomic mass is 9.97. The molecule has 0 spiro atoms. The maximum absolute atomic E-state index is 9.12. The Labute approximate surface area is 112 Å². The van der Waals surface area contributed by atoms with Gasteiger partial charge in [0.2, 0.25) is 5.95 Å². The van der Waals surface area contributed by atoms with E-state index in [1.807, 2.05) is 12.1 Å². The summed E-state index contributed by atoms with van der Waals surface area (Å²) in [7, 11) is 0. The maximum atomic E-state index is 9.12. The molecule has 0 radical (unpaired) electrons. The fraction of sp³-hybridized carbons (Fsp3) is 0.286. The van der Waals surface area contributed by atoms with Crippen molar-refractivity contribution in [1.82, 2.24) is 15.0 Å². The highest BCUT2D eigenvalue weighted by atomic mass is 15.0. The van der Waals surface area contributed by atoms with Crippen molar-refractivity contribution in [2.75, 3.05) is 5.73 Å². The standard InChI is InChI=1S/C14H15N5/c1-2-3-10(6-15)11-4-5-13(17-7-11)12-8-18-14(16)19-9-12/h4-5,7-10H,2-3H2,1H3,(H2,16,18,19). The summed E-state index contributed by atoms with van der Waals surface area (Å²) in [6, 6.07) is 6.12. The van der Waals surface area contributed by atoms with E-state index in [0.717, 1.165) is 29.7 Å². The Morgan fingerprint density at radius 1 is 1.21 bits per heavy atom. The Hall–Kier alpha value is -2.48. The first-order chi connectivity index (χ1) is 9.24. The quantitative estimate of drug-likeness (QED) is 0.904. The van der Waals surface area contributed by atoms with Crippen LogP contribution >= 0.6 is 0 Å². The summed E-state index contributed by atoms with van der Waals surface area (Å²) in [4.78, 5) is 12.2. The summed E-state index contributed by atoms with van der Waals surface area (Å²) in [6.45, 7) is 2.07. The summed E-state index contributed by atoms with van der Waals surface area (Å²) < 4.78 is 0. The molecule has 5 nitrogen and oxygen atoms in total. The second-order valence-corrected chi connectivity index (χ2v) is 4.28. The van der Waals surface area contributed by atoms with E-state index in [1.54, 1.807) is 18.6 Å². The van der Waals surface area contributed by atoms with Gasteiger partial charge in [-0.25, -0.2) is 9.97 Å². The summed E-state index contributed by atoms with van der Waals surface area (Å²) in [5.41, 5.74) is 7.97. The lowest BCUT2D eigenvalue weighted by Gasteiger charge is -2.08. The third kappa shape index (κ3) is 3.05. The minimum Gasteiger partial charge on any atom is -0.368 e. The number of hydrogen-bond acceptors (Lipinski definition) is 5. The molecule has 0 aliphatic rings. The molecule has 2 aromatic rings. The highest BCUT2D eigenvalue weighted by Crippen LogP contribution is 2.22. The molecule has 5 heteroatoms. The van der Waals surface area contributed by atoms with Crippen LogP contribution in [0.3, 0.4) is 0 Å². The van der Waals surface area contributed by atoms with E-state index in [0.29, 0.717) is 0 Å². The van der Waals surface area contributed by atoms with E-state index in [1.165, 1.54) is 0 Å². The zero-order valence-corrected chi connectivity index (χ0v) is 10.7. The van der Waals surface area contributed by atoms with Gasteiger partial charge in [-0.05, 0) is 18.1 Å². The summed E-state index contributed by atoms with van der Waals surface area (Å²) >= 11 is 0. The first-order valence-electron chi connectivity index (χ1n) is 6.18. The second-order valence-electron chi connectivity index (χ2n) is 4.28. The van der Waals surface area contributed by atoms with E-state index >= 15 is 0 Å². The van der Waals surface area contributed by atoms with Crippen molar-refractivity contribution < 1.29 is 0 Å². The Kier molecular flexibility index (Phi) is 4.04. The van der Waals surface area contributed by atoms with Crippen LogP contribution in [0.25, 0.3) is 11.3 Å². The lowest BCUT2D eigenvalue weighted by Crippen LogP contribution is -1.97. The minimum atomic E-state index is -0.0887. The van der Waals surface area contributed by atoms with Gasteiger partial charge in [-0.3, -0.25) is 4.98 Å². The Bertz CT molecular complexity index is 568. The molecule has 0 saturated carbocycles. The Morgan fingerprint density at radius 2 is 1.95 bits per heavy atom. The van der Waals surface area contributed by atoms with Crippen LogP contribution in [0.1, 0.15) is 31.2 Å². The second kappa shape index (κ2) is 5.91. The van der Waals surface area contributed by atoms with Gasteiger partial charge in [-0.1, -0.05) is 19.4 Å². The fourth-order valence-corrected chi connectivity index (χ4v) is 1.85. The van der Waals surface area contributed by atoms with Crippen molar-refractivity contribution in [1.29, 1.82) is 5.26 Å². The first kappa shape index (κ1) is 13.0. The number of nitriles is 1. The third-order valence-corrected chi connectivity index (χ3v) is 2.89. The molecule has 0 aliphatic carbocycles. The van der Waals surface area contributed by atoms with Gasteiger partial charge in [-0.2, -0.15) is 5.26 Å². The molecule has 2 N–H and O–H groups in total. The van der Waals surface area contributed by atoms with Gasteiger partial charge in [0, 0.05) is 24.2 Å². The number of hydrogen-bond donors (Lipinski definition) is 1. The SMILES string of the molecule is CCCC(C#N)c1ccc(-c2cnc(N)nc2)nc1. The number of nitrogen functional groups attached to an aromatic ring is 1. The van der Waals surface area contributed by atoms with Gasteiger partial charge in [0.05, 0.1) is 17.7 Å². The first-order valence-corrected chi connectivity index (χ1v) is 6.18. The number of rotatable bonds is 4. The molecule has 1 atom stereocenters. The molecule has 0 saturated heterocycles. The average molecular weight is 253 g/mol. The van der Waals surface area contributed by atoms with Crippen LogP contribution in [-0.2, 0) is 0 Å². The molecular formula is C14H15N5. The van der Waals surface area contributed by atoms with Gasteiger partial charge in [0.25, 0.3) is 0 Å². The number of nitrogens with zero attached hydrogens (tertiary/aromatic N) is 4.